The number of nitrogens with zero attached hydrogens (tertiary/aromatic N) is 1. The second kappa shape index (κ2) is 4.06. The number of aryl methyl sites for hydroxylation is 1. The number of ether oxygens (including phenoxy) is 1. The summed E-state index contributed by atoms with van der Waals surface area (Å²) in [6, 6.07) is 3.66. The van der Waals surface area contributed by atoms with Crippen molar-refractivity contribution in [3.05, 3.63) is 23.9 Å². The fourth-order valence-corrected chi connectivity index (χ4v) is 3.57. The number of carbonyl (C=O) groups is 2. The smallest absolute Gasteiger partial charge is 0.313 e. The maximum Gasteiger partial charge on any atom is 0.313 e. The second-order valence-corrected chi connectivity index (χ2v) is 6.85. The predicted molar refractivity (Wildman–Crippen MR) is 77.5 cm³/mol. The highest BCUT2D eigenvalue weighted by Gasteiger charge is 2.75. The first-order valence-electron chi connectivity index (χ1n) is 7.20. The van der Waals surface area contributed by atoms with Gasteiger partial charge in [-0.25, -0.2) is 4.98 Å². The molecule has 2 bridgehead atoms. The molecule has 1 aromatic heterocycles. The molecule has 5 nitrogen and oxygen atoms in total. The first-order chi connectivity index (χ1) is 9.73. The van der Waals surface area contributed by atoms with Crippen LogP contribution in [0.5, 0.6) is 0 Å². The van der Waals surface area contributed by atoms with E-state index in [2.05, 4.69) is 10.3 Å². The molecule has 1 aliphatic carbocycles. The zero-order valence-electron chi connectivity index (χ0n) is 12.8. The Labute approximate surface area is 124 Å². The first-order valence-corrected chi connectivity index (χ1v) is 7.20. The Bertz CT molecular complexity index is 640. The van der Waals surface area contributed by atoms with Crippen LogP contribution < -0.4 is 5.32 Å². The molecule has 21 heavy (non-hydrogen) atoms. The fourth-order valence-electron chi connectivity index (χ4n) is 3.57. The normalized spacial score (nSPS) is 32.9. The highest BCUT2D eigenvalue weighted by Crippen LogP contribution is 2.65. The van der Waals surface area contributed by atoms with E-state index in [0.29, 0.717) is 18.7 Å². The summed E-state index contributed by atoms with van der Waals surface area (Å²) in [4.78, 5) is 29.1. The maximum atomic E-state index is 12.8. The van der Waals surface area contributed by atoms with Crippen molar-refractivity contribution in [1.29, 1.82) is 0 Å². The third-order valence-electron chi connectivity index (χ3n) is 5.61. The minimum absolute atomic E-state index is 0.272. The molecule has 2 fully saturated rings. The number of fused-ring (bicyclic) bond motifs is 2. The lowest BCUT2D eigenvalue weighted by molar-refractivity contribution is -0.165. The van der Waals surface area contributed by atoms with Gasteiger partial charge in [-0.15, -0.1) is 0 Å². The van der Waals surface area contributed by atoms with E-state index in [-0.39, 0.29) is 11.9 Å². The lowest BCUT2D eigenvalue weighted by Crippen LogP contribution is -2.50. The van der Waals surface area contributed by atoms with E-state index >= 15 is 0 Å². The first kappa shape index (κ1) is 14.0. The van der Waals surface area contributed by atoms with E-state index in [1.165, 1.54) is 0 Å². The molecule has 3 rings (SSSR count). The number of amides is 1. The van der Waals surface area contributed by atoms with Crippen LogP contribution in [0.1, 0.15) is 39.2 Å². The Morgan fingerprint density at radius 3 is 2.57 bits per heavy atom. The van der Waals surface area contributed by atoms with Crippen molar-refractivity contribution in [2.75, 3.05) is 5.32 Å². The molecule has 1 amide bonds. The summed E-state index contributed by atoms with van der Waals surface area (Å²) in [5, 5.41) is 2.81. The molecule has 1 N–H and O–H groups in total. The van der Waals surface area contributed by atoms with Crippen molar-refractivity contribution in [1.82, 2.24) is 4.98 Å². The number of aromatic nitrogens is 1. The summed E-state index contributed by atoms with van der Waals surface area (Å²) in [7, 11) is 0. The van der Waals surface area contributed by atoms with Gasteiger partial charge in [-0.2, -0.15) is 0 Å². The van der Waals surface area contributed by atoms with E-state index in [1.54, 1.807) is 12.3 Å². The number of esters is 1. The topological polar surface area (TPSA) is 68.3 Å². The number of pyridine rings is 1. The minimum Gasteiger partial charge on any atom is -0.448 e. The summed E-state index contributed by atoms with van der Waals surface area (Å²) in [6.07, 6.45) is 2.88. The van der Waals surface area contributed by atoms with E-state index in [1.807, 2.05) is 33.8 Å². The highest BCUT2D eigenvalue weighted by molar-refractivity contribution is 6.02. The van der Waals surface area contributed by atoms with Crippen LogP contribution in [0.25, 0.3) is 0 Å². The Hall–Kier alpha value is -1.91. The molecule has 2 unspecified atom stereocenters. The lowest BCUT2D eigenvalue weighted by atomic mass is 9.66. The van der Waals surface area contributed by atoms with Gasteiger partial charge >= 0.3 is 5.97 Å². The summed E-state index contributed by atoms with van der Waals surface area (Å²) in [5.41, 5.74) is -1.21. The summed E-state index contributed by atoms with van der Waals surface area (Å²) >= 11 is 0. The van der Waals surface area contributed by atoms with Gasteiger partial charge in [-0.1, -0.05) is 13.8 Å². The molecule has 2 atom stereocenters. The van der Waals surface area contributed by atoms with Crippen LogP contribution in [-0.4, -0.2) is 22.5 Å². The van der Waals surface area contributed by atoms with Crippen molar-refractivity contribution in [3.8, 4) is 0 Å². The molecule has 0 spiro atoms. The third kappa shape index (κ3) is 1.60. The zero-order chi connectivity index (χ0) is 15.5. The quantitative estimate of drug-likeness (QED) is 0.849. The highest BCUT2D eigenvalue weighted by atomic mass is 16.6. The van der Waals surface area contributed by atoms with Crippen LogP contribution in [0.2, 0.25) is 0 Å². The van der Waals surface area contributed by atoms with Gasteiger partial charge in [-0.3, -0.25) is 9.59 Å². The lowest BCUT2D eigenvalue weighted by Gasteiger charge is -2.35. The second-order valence-electron chi connectivity index (χ2n) is 6.85. The Morgan fingerprint density at radius 2 is 2.05 bits per heavy atom. The number of hydrogen-bond acceptors (Lipinski definition) is 4. The molecular formula is C16H20N2O3. The standard InChI is InChI=1S/C16H20N2O3/c1-10-5-8-17-11(9-10)18-12(19)16-7-6-15(4,13(20)21-16)14(16,2)3/h5,8-9H,6-7H2,1-4H3,(H,17,18,19). The molecule has 2 heterocycles. The third-order valence-corrected chi connectivity index (χ3v) is 5.61. The SMILES string of the molecule is Cc1ccnc(NC(=O)C23CCC(C)(C(=O)O2)C3(C)C)c1. The van der Waals surface area contributed by atoms with Crippen molar-refractivity contribution in [2.24, 2.45) is 10.8 Å². The molecule has 112 valence electrons. The number of anilines is 1. The van der Waals surface area contributed by atoms with Crippen molar-refractivity contribution >= 4 is 17.7 Å². The number of hydrogen-bond donors (Lipinski definition) is 1. The Kier molecular flexibility index (Phi) is 2.71. The largest absolute Gasteiger partial charge is 0.448 e. The molecule has 2 aliphatic rings. The monoisotopic (exact) mass is 288 g/mol. The molecule has 0 aromatic carbocycles. The van der Waals surface area contributed by atoms with Gasteiger partial charge in [0, 0.05) is 11.6 Å². The van der Waals surface area contributed by atoms with Gasteiger partial charge in [0.25, 0.3) is 5.91 Å². The fraction of sp³-hybridized carbons (Fsp3) is 0.562. The number of carbonyl (C=O) groups excluding carboxylic acids is 2. The average Bonchev–Trinajstić information content (AvgIpc) is 2.69. The summed E-state index contributed by atoms with van der Waals surface area (Å²) in [5.74, 6) is -0.0620. The van der Waals surface area contributed by atoms with Crippen LogP contribution in [0, 0.1) is 17.8 Å². The minimum atomic E-state index is -1.09. The number of rotatable bonds is 2. The number of nitrogens with one attached hydrogen (secondary N) is 1. The Morgan fingerprint density at radius 1 is 1.33 bits per heavy atom. The van der Waals surface area contributed by atoms with Gasteiger partial charge in [0.05, 0.1) is 5.41 Å². The Balaban J connectivity index is 1.93. The van der Waals surface area contributed by atoms with Crippen molar-refractivity contribution < 1.29 is 14.3 Å². The van der Waals surface area contributed by atoms with Gasteiger partial charge in [-0.05, 0) is 44.4 Å². The van der Waals surface area contributed by atoms with Gasteiger partial charge in [0.2, 0.25) is 0 Å². The molecule has 1 aliphatic heterocycles. The molecule has 1 aromatic rings. The molecule has 1 saturated carbocycles. The molecular weight excluding hydrogens is 268 g/mol. The van der Waals surface area contributed by atoms with E-state index in [0.717, 1.165) is 5.56 Å². The maximum absolute atomic E-state index is 12.8. The van der Waals surface area contributed by atoms with Gasteiger partial charge in [0.1, 0.15) is 5.82 Å². The van der Waals surface area contributed by atoms with Gasteiger partial charge < -0.3 is 10.1 Å². The summed E-state index contributed by atoms with van der Waals surface area (Å²) in [6.45, 7) is 7.70. The van der Waals surface area contributed by atoms with Crippen LogP contribution in [-0.2, 0) is 14.3 Å². The van der Waals surface area contributed by atoms with Gasteiger partial charge in [0.15, 0.2) is 5.60 Å². The zero-order valence-corrected chi connectivity index (χ0v) is 12.8. The average molecular weight is 288 g/mol. The van der Waals surface area contributed by atoms with Crippen LogP contribution in [0.4, 0.5) is 5.82 Å². The van der Waals surface area contributed by atoms with E-state index in [4.69, 9.17) is 4.74 Å². The van der Waals surface area contributed by atoms with Crippen LogP contribution >= 0.6 is 0 Å². The van der Waals surface area contributed by atoms with Crippen molar-refractivity contribution in [2.45, 2.75) is 46.1 Å². The molecule has 0 radical (unpaired) electrons. The molecule has 1 saturated heterocycles. The molecule has 5 heteroatoms. The van der Waals surface area contributed by atoms with Crippen LogP contribution in [0.15, 0.2) is 18.3 Å². The summed E-state index contributed by atoms with van der Waals surface area (Å²) < 4.78 is 5.55. The van der Waals surface area contributed by atoms with Crippen molar-refractivity contribution in [3.63, 3.8) is 0 Å². The van der Waals surface area contributed by atoms with E-state index in [9.17, 15) is 9.59 Å². The van der Waals surface area contributed by atoms with E-state index < -0.39 is 16.4 Å². The predicted octanol–water partition coefficient (Wildman–Crippen LogP) is 2.45. The van der Waals surface area contributed by atoms with Crippen LogP contribution in [0.3, 0.4) is 0 Å².